The summed E-state index contributed by atoms with van der Waals surface area (Å²) in [7, 11) is -3.74. The van der Waals surface area contributed by atoms with Crippen molar-refractivity contribution in [2.45, 2.75) is 0 Å². The largest absolute Gasteiger partial charge is 0.324 e. The van der Waals surface area contributed by atoms with Crippen molar-refractivity contribution in [1.82, 2.24) is 0 Å². The number of hydrogen-bond acceptors (Lipinski definition) is 4. The van der Waals surface area contributed by atoms with E-state index in [0.717, 1.165) is 10.6 Å². The molecule has 3 aromatic rings. The van der Waals surface area contributed by atoms with Crippen LogP contribution in [0.15, 0.2) is 78.9 Å². The lowest BCUT2D eigenvalue weighted by atomic mass is 10.0. The van der Waals surface area contributed by atoms with Crippen LogP contribution in [0.2, 0.25) is 5.02 Å². The van der Waals surface area contributed by atoms with Crippen LogP contribution >= 0.6 is 11.6 Å². The molecule has 0 spiro atoms. The van der Waals surface area contributed by atoms with E-state index in [1.165, 1.54) is 6.07 Å². The zero-order chi connectivity index (χ0) is 21.7. The monoisotopic (exact) mass is 442 g/mol. The van der Waals surface area contributed by atoms with Gasteiger partial charge in [0.1, 0.15) is 6.54 Å². The number of para-hydroxylation sites is 1. The molecule has 1 amide bonds. The fourth-order valence-electron chi connectivity index (χ4n) is 2.89. The molecule has 0 fully saturated rings. The second-order valence-corrected chi connectivity index (χ2v) is 8.88. The number of ketones is 1. The maximum Gasteiger partial charge on any atom is 0.245 e. The predicted molar refractivity (Wildman–Crippen MR) is 119 cm³/mol. The number of rotatable bonds is 7. The van der Waals surface area contributed by atoms with Crippen LogP contribution in [0.5, 0.6) is 0 Å². The number of halogens is 1. The lowest BCUT2D eigenvalue weighted by Crippen LogP contribution is -2.37. The Balaban J connectivity index is 1.85. The Labute approximate surface area is 180 Å². The Hall–Kier alpha value is -3.16. The molecule has 154 valence electrons. The third-order valence-electron chi connectivity index (χ3n) is 4.27. The van der Waals surface area contributed by atoms with E-state index in [4.69, 9.17) is 11.6 Å². The zero-order valence-electron chi connectivity index (χ0n) is 16.1. The van der Waals surface area contributed by atoms with Crippen LogP contribution in [0, 0.1) is 0 Å². The van der Waals surface area contributed by atoms with Crippen molar-refractivity contribution < 1.29 is 18.0 Å². The lowest BCUT2D eigenvalue weighted by Gasteiger charge is -2.22. The van der Waals surface area contributed by atoms with Crippen LogP contribution < -0.4 is 9.62 Å². The summed E-state index contributed by atoms with van der Waals surface area (Å²) in [4.78, 5) is 25.5. The van der Waals surface area contributed by atoms with Crippen LogP contribution in [0.4, 0.5) is 11.4 Å². The Kier molecular flexibility index (Phi) is 6.54. The van der Waals surface area contributed by atoms with Crippen LogP contribution in [0.3, 0.4) is 0 Å². The first-order chi connectivity index (χ1) is 14.3. The van der Waals surface area contributed by atoms with E-state index in [9.17, 15) is 18.0 Å². The standard InChI is InChI=1S/C22H19ClN2O4S/c1-30(28,29)25(18-11-7-10-17(23)14-18)15-21(26)24-20-13-6-5-12-19(20)22(27)16-8-3-2-4-9-16/h2-14H,15H2,1H3,(H,24,26). The molecule has 3 aromatic carbocycles. The molecule has 8 heteroatoms. The van der Waals surface area contributed by atoms with Gasteiger partial charge in [-0.15, -0.1) is 0 Å². The molecule has 30 heavy (non-hydrogen) atoms. The number of hydrogen-bond donors (Lipinski definition) is 1. The Morgan fingerprint density at radius 3 is 2.27 bits per heavy atom. The summed E-state index contributed by atoms with van der Waals surface area (Å²) in [6.07, 6.45) is 1.01. The first-order valence-electron chi connectivity index (χ1n) is 8.97. The van der Waals surface area contributed by atoms with Gasteiger partial charge in [-0.2, -0.15) is 0 Å². The summed E-state index contributed by atoms with van der Waals surface area (Å²) in [5.41, 5.74) is 1.37. The molecule has 0 atom stereocenters. The molecule has 0 aliphatic rings. The number of carbonyl (C=O) groups is 2. The van der Waals surface area contributed by atoms with Gasteiger partial charge in [0.15, 0.2) is 5.78 Å². The van der Waals surface area contributed by atoms with Crippen LogP contribution in [0.1, 0.15) is 15.9 Å². The van der Waals surface area contributed by atoms with Gasteiger partial charge in [-0.3, -0.25) is 13.9 Å². The van der Waals surface area contributed by atoms with Gasteiger partial charge in [-0.25, -0.2) is 8.42 Å². The fraction of sp³-hybridized carbons (Fsp3) is 0.0909. The fourth-order valence-corrected chi connectivity index (χ4v) is 3.92. The highest BCUT2D eigenvalue weighted by atomic mass is 35.5. The van der Waals surface area contributed by atoms with Gasteiger partial charge < -0.3 is 5.32 Å². The summed E-state index contributed by atoms with van der Waals surface area (Å²) in [5.74, 6) is -0.838. The molecular formula is C22H19ClN2O4S. The third-order valence-corrected chi connectivity index (χ3v) is 5.64. The highest BCUT2D eigenvalue weighted by Crippen LogP contribution is 2.23. The minimum atomic E-state index is -3.74. The summed E-state index contributed by atoms with van der Waals surface area (Å²) >= 11 is 5.96. The number of benzene rings is 3. The van der Waals surface area contributed by atoms with Crippen LogP contribution in [-0.2, 0) is 14.8 Å². The highest BCUT2D eigenvalue weighted by molar-refractivity contribution is 7.92. The molecule has 0 unspecified atom stereocenters. The Bertz CT molecular complexity index is 1180. The van der Waals surface area contributed by atoms with Crippen molar-refractivity contribution in [3.63, 3.8) is 0 Å². The van der Waals surface area contributed by atoms with Crippen LogP contribution in [-0.4, -0.2) is 32.9 Å². The van der Waals surface area contributed by atoms with Gasteiger partial charge in [-0.1, -0.05) is 60.1 Å². The van der Waals surface area contributed by atoms with Crippen molar-refractivity contribution in [2.75, 3.05) is 22.4 Å². The number of anilines is 2. The number of sulfonamides is 1. The van der Waals surface area contributed by atoms with Gasteiger partial charge in [0.05, 0.1) is 17.6 Å². The van der Waals surface area contributed by atoms with E-state index in [1.54, 1.807) is 72.8 Å². The smallest absolute Gasteiger partial charge is 0.245 e. The zero-order valence-corrected chi connectivity index (χ0v) is 17.7. The van der Waals surface area contributed by atoms with Crippen molar-refractivity contribution in [3.8, 4) is 0 Å². The SMILES string of the molecule is CS(=O)(=O)N(CC(=O)Nc1ccccc1C(=O)c1ccccc1)c1cccc(Cl)c1. The summed E-state index contributed by atoms with van der Waals surface area (Å²) < 4.78 is 25.4. The van der Waals surface area contributed by atoms with Gasteiger partial charge in [-0.05, 0) is 30.3 Å². The molecule has 0 radical (unpaired) electrons. The summed E-state index contributed by atoms with van der Waals surface area (Å²) in [6.45, 7) is -0.465. The van der Waals surface area contributed by atoms with Crippen molar-refractivity contribution in [1.29, 1.82) is 0 Å². The first kappa shape index (κ1) is 21.5. The molecule has 1 N–H and O–H groups in total. The van der Waals surface area contributed by atoms with Gasteiger partial charge >= 0.3 is 0 Å². The molecule has 0 aliphatic carbocycles. The third kappa shape index (κ3) is 5.25. The van der Waals surface area contributed by atoms with Gasteiger partial charge in [0.2, 0.25) is 15.9 Å². The van der Waals surface area contributed by atoms with Crippen molar-refractivity contribution in [3.05, 3.63) is 95.0 Å². The maximum absolute atomic E-state index is 12.8. The topological polar surface area (TPSA) is 83.6 Å². The van der Waals surface area contributed by atoms with E-state index >= 15 is 0 Å². The minimum absolute atomic E-state index is 0.249. The molecule has 6 nitrogen and oxygen atoms in total. The quantitative estimate of drug-likeness (QED) is 0.561. The second kappa shape index (κ2) is 9.11. The van der Waals surface area contributed by atoms with E-state index in [2.05, 4.69) is 5.32 Å². The number of nitrogens with zero attached hydrogens (tertiary/aromatic N) is 1. The minimum Gasteiger partial charge on any atom is -0.324 e. The van der Waals surface area contributed by atoms with E-state index in [1.807, 2.05) is 0 Å². The average molecular weight is 443 g/mol. The van der Waals surface area contributed by atoms with Crippen LogP contribution in [0.25, 0.3) is 0 Å². The van der Waals surface area contributed by atoms with Crippen molar-refractivity contribution in [2.24, 2.45) is 0 Å². The molecule has 0 aliphatic heterocycles. The van der Waals surface area contributed by atoms with Gasteiger partial charge in [0.25, 0.3) is 0 Å². The summed E-state index contributed by atoms with van der Waals surface area (Å²) in [5, 5.41) is 3.00. The number of amides is 1. The maximum atomic E-state index is 12.8. The normalized spacial score (nSPS) is 11.0. The number of carbonyl (C=O) groups excluding carboxylic acids is 2. The molecular weight excluding hydrogens is 424 g/mol. The highest BCUT2D eigenvalue weighted by Gasteiger charge is 2.22. The summed E-state index contributed by atoms with van der Waals surface area (Å²) in [6, 6.07) is 21.5. The van der Waals surface area contributed by atoms with E-state index in [-0.39, 0.29) is 11.5 Å². The molecule has 0 aromatic heterocycles. The molecule has 0 heterocycles. The second-order valence-electron chi connectivity index (χ2n) is 6.54. The van der Waals surface area contributed by atoms with Crippen molar-refractivity contribution >= 4 is 44.7 Å². The molecule has 0 saturated heterocycles. The van der Waals surface area contributed by atoms with Gasteiger partial charge in [0, 0.05) is 16.1 Å². The predicted octanol–water partition coefficient (Wildman–Crippen LogP) is 3.98. The molecule has 0 saturated carbocycles. The molecule has 3 rings (SSSR count). The lowest BCUT2D eigenvalue weighted by molar-refractivity contribution is -0.114. The first-order valence-corrected chi connectivity index (χ1v) is 11.2. The Morgan fingerprint density at radius 1 is 0.933 bits per heavy atom. The van der Waals surface area contributed by atoms with E-state index in [0.29, 0.717) is 21.8 Å². The molecule has 0 bridgehead atoms. The average Bonchev–Trinajstić information content (AvgIpc) is 2.72. The Morgan fingerprint density at radius 2 is 1.60 bits per heavy atom. The number of nitrogens with one attached hydrogen (secondary N) is 1. The van der Waals surface area contributed by atoms with E-state index < -0.39 is 22.5 Å².